The van der Waals surface area contributed by atoms with Gasteiger partial charge in [0.15, 0.2) is 11.6 Å². The molecule has 1 atom stereocenters. The number of halogens is 2. The van der Waals surface area contributed by atoms with Crippen molar-refractivity contribution in [3.8, 4) is 0 Å². The first-order chi connectivity index (χ1) is 12.8. The van der Waals surface area contributed by atoms with Crippen molar-refractivity contribution in [3.05, 3.63) is 53.6 Å². The van der Waals surface area contributed by atoms with Crippen LogP contribution in [0.25, 0.3) is 0 Å². The lowest BCUT2D eigenvalue weighted by molar-refractivity contribution is -0.117. The molecule has 5 nitrogen and oxygen atoms in total. The van der Waals surface area contributed by atoms with Crippen molar-refractivity contribution in [2.24, 2.45) is 0 Å². The van der Waals surface area contributed by atoms with E-state index in [9.17, 15) is 18.4 Å². The lowest BCUT2D eigenvalue weighted by Crippen LogP contribution is -2.32. The van der Waals surface area contributed by atoms with Gasteiger partial charge in [-0.3, -0.25) is 9.59 Å². The maximum Gasteiger partial charge on any atom is 0.246 e. The topological polar surface area (TPSA) is 61.4 Å². The van der Waals surface area contributed by atoms with E-state index in [0.717, 1.165) is 42.0 Å². The van der Waals surface area contributed by atoms with Gasteiger partial charge in [0.25, 0.3) is 0 Å². The van der Waals surface area contributed by atoms with E-state index in [1.165, 1.54) is 6.07 Å². The minimum atomic E-state index is -1.02. The fourth-order valence-corrected chi connectivity index (χ4v) is 3.09. The SMILES string of the molecule is Cc1cc(N[C@@H](C)C(=O)Nc2ccc(F)c(F)c2)ccc1N1CCCC1=O. The van der Waals surface area contributed by atoms with E-state index < -0.39 is 17.7 Å². The molecule has 2 N–H and O–H groups in total. The molecule has 142 valence electrons. The van der Waals surface area contributed by atoms with Gasteiger partial charge < -0.3 is 15.5 Å². The summed E-state index contributed by atoms with van der Waals surface area (Å²) in [4.78, 5) is 26.0. The zero-order valence-corrected chi connectivity index (χ0v) is 15.2. The molecule has 0 spiro atoms. The van der Waals surface area contributed by atoms with Crippen molar-refractivity contribution < 1.29 is 18.4 Å². The van der Waals surface area contributed by atoms with E-state index in [1.807, 2.05) is 25.1 Å². The number of hydrogen-bond acceptors (Lipinski definition) is 3. The Morgan fingerprint density at radius 2 is 1.85 bits per heavy atom. The molecule has 3 rings (SSSR count). The zero-order valence-electron chi connectivity index (χ0n) is 15.2. The minimum Gasteiger partial charge on any atom is -0.374 e. The molecule has 0 bridgehead atoms. The molecular formula is C20H21F2N3O2. The zero-order chi connectivity index (χ0) is 19.6. The van der Waals surface area contributed by atoms with Crippen LogP contribution in [-0.2, 0) is 9.59 Å². The second-order valence-electron chi connectivity index (χ2n) is 6.63. The molecule has 0 aromatic heterocycles. The van der Waals surface area contributed by atoms with Gasteiger partial charge in [-0.2, -0.15) is 0 Å². The lowest BCUT2D eigenvalue weighted by Gasteiger charge is -2.20. The fourth-order valence-electron chi connectivity index (χ4n) is 3.09. The molecular weight excluding hydrogens is 352 g/mol. The average molecular weight is 373 g/mol. The maximum absolute atomic E-state index is 13.2. The van der Waals surface area contributed by atoms with Gasteiger partial charge in [0.2, 0.25) is 11.8 Å². The van der Waals surface area contributed by atoms with Crippen molar-refractivity contribution >= 4 is 28.9 Å². The minimum absolute atomic E-state index is 0.123. The van der Waals surface area contributed by atoms with Crippen LogP contribution < -0.4 is 15.5 Å². The summed E-state index contributed by atoms with van der Waals surface area (Å²) in [6.45, 7) is 4.31. The van der Waals surface area contributed by atoms with Gasteiger partial charge >= 0.3 is 0 Å². The highest BCUT2D eigenvalue weighted by atomic mass is 19.2. The number of carbonyl (C=O) groups is 2. The Labute approximate surface area is 156 Å². The first kappa shape index (κ1) is 18.8. The Bertz CT molecular complexity index is 886. The van der Waals surface area contributed by atoms with Crippen molar-refractivity contribution in [2.45, 2.75) is 32.7 Å². The number of nitrogens with one attached hydrogen (secondary N) is 2. The number of benzene rings is 2. The number of carbonyl (C=O) groups excluding carboxylic acids is 2. The van der Waals surface area contributed by atoms with Gasteiger partial charge in [-0.25, -0.2) is 8.78 Å². The predicted molar refractivity (Wildman–Crippen MR) is 101 cm³/mol. The van der Waals surface area contributed by atoms with Crippen LogP contribution in [0.5, 0.6) is 0 Å². The Morgan fingerprint density at radius 1 is 1.11 bits per heavy atom. The molecule has 0 saturated carbocycles. The monoisotopic (exact) mass is 373 g/mol. The van der Waals surface area contributed by atoms with Crippen molar-refractivity contribution in [2.75, 3.05) is 22.1 Å². The molecule has 7 heteroatoms. The van der Waals surface area contributed by atoms with Gasteiger partial charge in [0.1, 0.15) is 6.04 Å². The van der Waals surface area contributed by atoms with Gasteiger partial charge in [0, 0.05) is 36.1 Å². The number of aryl methyl sites for hydroxylation is 1. The Kier molecular flexibility index (Phi) is 5.39. The number of hydrogen-bond donors (Lipinski definition) is 2. The Morgan fingerprint density at radius 3 is 2.48 bits per heavy atom. The van der Waals surface area contributed by atoms with Crippen molar-refractivity contribution in [1.82, 2.24) is 0 Å². The van der Waals surface area contributed by atoms with Crippen molar-refractivity contribution in [1.29, 1.82) is 0 Å². The largest absolute Gasteiger partial charge is 0.374 e. The molecule has 27 heavy (non-hydrogen) atoms. The highest BCUT2D eigenvalue weighted by molar-refractivity contribution is 5.97. The van der Waals surface area contributed by atoms with E-state index in [1.54, 1.807) is 11.8 Å². The van der Waals surface area contributed by atoms with E-state index in [0.29, 0.717) is 6.42 Å². The number of amides is 2. The van der Waals surface area contributed by atoms with Crippen LogP contribution in [0.3, 0.4) is 0 Å². The lowest BCUT2D eigenvalue weighted by atomic mass is 10.1. The molecule has 0 unspecified atom stereocenters. The number of anilines is 3. The summed E-state index contributed by atoms with van der Waals surface area (Å²) in [5.74, 6) is -2.24. The highest BCUT2D eigenvalue weighted by Crippen LogP contribution is 2.27. The van der Waals surface area contributed by atoms with Crippen LogP contribution in [0.1, 0.15) is 25.3 Å². The molecule has 0 aliphatic carbocycles. The summed E-state index contributed by atoms with van der Waals surface area (Å²) in [6.07, 6.45) is 1.43. The van der Waals surface area contributed by atoms with Crippen LogP contribution in [0.4, 0.5) is 25.8 Å². The quantitative estimate of drug-likeness (QED) is 0.837. The smallest absolute Gasteiger partial charge is 0.246 e. The average Bonchev–Trinajstić information content (AvgIpc) is 3.04. The second kappa shape index (κ2) is 7.73. The predicted octanol–water partition coefficient (Wildman–Crippen LogP) is 3.84. The van der Waals surface area contributed by atoms with E-state index >= 15 is 0 Å². The van der Waals surface area contributed by atoms with Crippen molar-refractivity contribution in [3.63, 3.8) is 0 Å². The third-order valence-corrected chi connectivity index (χ3v) is 4.52. The van der Waals surface area contributed by atoms with E-state index in [2.05, 4.69) is 10.6 Å². The van der Waals surface area contributed by atoms with Gasteiger partial charge in [-0.1, -0.05) is 0 Å². The molecule has 2 aromatic rings. The molecule has 0 radical (unpaired) electrons. The third-order valence-electron chi connectivity index (χ3n) is 4.52. The van der Waals surface area contributed by atoms with E-state index in [4.69, 9.17) is 0 Å². The second-order valence-corrected chi connectivity index (χ2v) is 6.63. The molecule has 2 aromatic carbocycles. The van der Waals surface area contributed by atoms with Gasteiger partial charge in [-0.05, 0) is 56.2 Å². The summed E-state index contributed by atoms with van der Waals surface area (Å²) in [7, 11) is 0. The maximum atomic E-state index is 13.2. The first-order valence-electron chi connectivity index (χ1n) is 8.78. The molecule has 1 aliphatic rings. The summed E-state index contributed by atoms with van der Waals surface area (Å²) < 4.78 is 26.2. The fraction of sp³-hybridized carbons (Fsp3) is 0.300. The van der Waals surface area contributed by atoms with Gasteiger partial charge in [-0.15, -0.1) is 0 Å². The normalized spacial score (nSPS) is 15.0. The highest BCUT2D eigenvalue weighted by Gasteiger charge is 2.23. The summed E-state index contributed by atoms with van der Waals surface area (Å²) >= 11 is 0. The van der Waals surface area contributed by atoms with Crippen LogP contribution in [-0.4, -0.2) is 24.4 Å². The molecule has 1 aliphatic heterocycles. The summed E-state index contributed by atoms with van der Waals surface area (Å²) in [5.41, 5.74) is 2.73. The number of nitrogens with zero attached hydrogens (tertiary/aromatic N) is 1. The molecule has 1 fully saturated rings. The Balaban J connectivity index is 1.65. The third kappa shape index (κ3) is 4.24. The molecule has 1 saturated heterocycles. The summed E-state index contributed by atoms with van der Waals surface area (Å²) in [6, 6.07) is 8.15. The van der Waals surface area contributed by atoms with Crippen LogP contribution in [0.2, 0.25) is 0 Å². The first-order valence-corrected chi connectivity index (χ1v) is 8.78. The molecule has 1 heterocycles. The Hall–Kier alpha value is -2.96. The number of rotatable bonds is 5. The van der Waals surface area contributed by atoms with Crippen LogP contribution in [0.15, 0.2) is 36.4 Å². The van der Waals surface area contributed by atoms with Crippen LogP contribution >= 0.6 is 0 Å². The van der Waals surface area contributed by atoms with Gasteiger partial charge in [0.05, 0.1) is 0 Å². The van der Waals surface area contributed by atoms with E-state index in [-0.39, 0.29) is 17.5 Å². The standard InChI is InChI=1S/C20H21F2N3O2/c1-12-10-14(6-8-18(12)25-9-3-4-19(25)26)23-13(2)20(27)24-15-5-7-16(21)17(22)11-15/h5-8,10-11,13,23H,3-4,9H2,1-2H3,(H,24,27)/t13-/m0/s1. The molecule has 2 amide bonds. The van der Waals surface area contributed by atoms with Crippen LogP contribution in [0, 0.1) is 18.6 Å². The summed E-state index contributed by atoms with van der Waals surface area (Å²) in [5, 5.41) is 5.62.